The van der Waals surface area contributed by atoms with Crippen LogP contribution in [0.5, 0.6) is 5.75 Å². The summed E-state index contributed by atoms with van der Waals surface area (Å²) in [6, 6.07) is 4.36. The maximum atomic E-state index is 5.79. The number of rotatable bonds is 3. The average molecular weight is 391 g/mol. The molecule has 1 aromatic rings. The van der Waals surface area contributed by atoms with Gasteiger partial charge in [0, 0.05) is 41.4 Å². The molecule has 19 heavy (non-hydrogen) atoms. The number of halogens is 2. The summed E-state index contributed by atoms with van der Waals surface area (Å²) in [6.07, 6.45) is 1.32. The molecule has 2 aliphatic rings. The zero-order chi connectivity index (χ0) is 13.2. The Kier molecular flexibility index (Phi) is 4.47. The lowest BCUT2D eigenvalue weighted by Crippen LogP contribution is -2.42. The van der Waals surface area contributed by atoms with E-state index >= 15 is 0 Å². The van der Waals surface area contributed by atoms with Crippen LogP contribution in [0.2, 0.25) is 0 Å². The molecule has 3 rings (SSSR count). The number of morpholine rings is 1. The first-order valence-electron chi connectivity index (χ1n) is 6.60. The van der Waals surface area contributed by atoms with Gasteiger partial charge in [-0.15, -0.1) is 0 Å². The predicted octanol–water partition coefficient (Wildman–Crippen LogP) is 2.98. The van der Waals surface area contributed by atoms with Crippen molar-refractivity contribution in [3.8, 4) is 5.75 Å². The lowest BCUT2D eigenvalue weighted by molar-refractivity contribution is -0.0183. The minimum atomic E-state index is 0.301. The van der Waals surface area contributed by atoms with E-state index in [2.05, 4.69) is 48.9 Å². The van der Waals surface area contributed by atoms with Gasteiger partial charge in [-0.25, -0.2) is 0 Å². The molecule has 0 saturated carbocycles. The van der Waals surface area contributed by atoms with Crippen molar-refractivity contribution in [1.82, 2.24) is 4.90 Å². The van der Waals surface area contributed by atoms with E-state index in [0.717, 1.165) is 54.8 Å². The van der Waals surface area contributed by atoms with Gasteiger partial charge >= 0.3 is 0 Å². The van der Waals surface area contributed by atoms with E-state index in [-0.39, 0.29) is 0 Å². The van der Waals surface area contributed by atoms with Crippen molar-refractivity contribution in [2.75, 3.05) is 31.6 Å². The van der Waals surface area contributed by atoms with Crippen LogP contribution in [0.3, 0.4) is 0 Å². The van der Waals surface area contributed by atoms with Crippen molar-refractivity contribution in [3.05, 3.63) is 27.7 Å². The highest BCUT2D eigenvalue weighted by molar-refractivity contribution is 9.10. The highest BCUT2D eigenvalue weighted by Gasteiger charge is 2.23. The van der Waals surface area contributed by atoms with Crippen LogP contribution in [-0.4, -0.2) is 42.6 Å². The van der Waals surface area contributed by atoms with Crippen LogP contribution < -0.4 is 4.74 Å². The number of alkyl halides is 1. The molecule has 0 N–H and O–H groups in total. The van der Waals surface area contributed by atoms with Crippen molar-refractivity contribution in [2.45, 2.75) is 19.1 Å². The van der Waals surface area contributed by atoms with E-state index in [1.165, 1.54) is 11.1 Å². The molecule has 0 radical (unpaired) electrons. The van der Waals surface area contributed by atoms with Gasteiger partial charge in [0.05, 0.1) is 19.3 Å². The molecule has 1 fully saturated rings. The van der Waals surface area contributed by atoms with Gasteiger partial charge in [-0.1, -0.05) is 31.9 Å². The maximum Gasteiger partial charge on any atom is 0.127 e. The SMILES string of the molecule is BrCC1CN(Cc2cc(Br)cc3c2OCC3)CCO1. The summed E-state index contributed by atoms with van der Waals surface area (Å²) in [7, 11) is 0. The zero-order valence-corrected chi connectivity index (χ0v) is 13.9. The average Bonchev–Trinajstić information content (AvgIpc) is 2.87. The Morgan fingerprint density at radius 3 is 3.05 bits per heavy atom. The summed E-state index contributed by atoms with van der Waals surface area (Å²) >= 11 is 7.10. The predicted molar refractivity (Wildman–Crippen MR) is 82.2 cm³/mol. The molecule has 2 heterocycles. The van der Waals surface area contributed by atoms with E-state index in [4.69, 9.17) is 9.47 Å². The van der Waals surface area contributed by atoms with Crippen LogP contribution in [0.25, 0.3) is 0 Å². The Morgan fingerprint density at radius 1 is 1.32 bits per heavy atom. The molecule has 104 valence electrons. The Bertz CT molecular complexity index is 467. The molecule has 0 amide bonds. The molecule has 1 atom stereocenters. The smallest absolute Gasteiger partial charge is 0.127 e. The lowest BCUT2D eigenvalue weighted by Gasteiger charge is -2.32. The standard InChI is InChI=1S/C14H17Br2NO2/c15-7-13-9-17(2-4-18-13)8-11-6-12(16)5-10-1-3-19-14(10)11/h5-6,13H,1-4,7-9H2. The molecule has 0 aliphatic carbocycles. The monoisotopic (exact) mass is 389 g/mol. The number of hydrogen-bond donors (Lipinski definition) is 0. The second-order valence-corrected chi connectivity index (χ2v) is 6.60. The van der Waals surface area contributed by atoms with Crippen LogP contribution in [0.4, 0.5) is 0 Å². The lowest BCUT2D eigenvalue weighted by atomic mass is 10.1. The zero-order valence-electron chi connectivity index (χ0n) is 10.7. The quantitative estimate of drug-likeness (QED) is 0.740. The third-order valence-corrected chi connectivity index (χ3v) is 4.79. The van der Waals surface area contributed by atoms with E-state index in [0.29, 0.717) is 6.10 Å². The summed E-state index contributed by atoms with van der Waals surface area (Å²) < 4.78 is 12.6. The first-order valence-corrected chi connectivity index (χ1v) is 8.51. The molecule has 2 aliphatic heterocycles. The number of nitrogens with zero attached hydrogens (tertiary/aromatic N) is 1. The largest absolute Gasteiger partial charge is 0.493 e. The molecule has 0 spiro atoms. The summed E-state index contributed by atoms with van der Waals surface area (Å²) in [5, 5.41) is 0.899. The Labute approximate surface area is 130 Å². The Balaban J connectivity index is 1.76. The van der Waals surface area contributed by atoms with Gasteiger partial charge < -0.3 is 9.47 Å². The van der Waals surface area contributed by atoms with Crippen LogP contribution in [-0.2, 0) is 17.7 Å². The van der Waals surface area contributed by atoms with Crippen molar-refractivity contribution >= 4 is 31.9 Å². The molecule has 1 saturated heterocycles. The molecular weight excluding hydrogens is 374 g/mol. The summed E-state index contributed by atoms with van der Waals surface area (Å²) in [6.45, 7) is 4.53. The van der Waals surface area contributed by atoms with Crippen LogP contribution in [0.1, 0.15) is 11.1 Å². The second kappa shape index (κ2) is 6.12. The summed E-state index contributed by atoms with van der Waals surface area (Å²) in [5.41, 5.74) is 2.62. The second-order valence-electron chi connectivity index (χ2n) is 5.03. The van der Waals surface area contributed by atoms with Gasteiger partial charge in [0.15, 0.2) is 0 Å². The van der Waals surface area contributed by atoms with Crippen molar-refractivity contribution in [1.29, 1.82) is 0 Å². The van der Waals surface area contributed by atoms with Crippen molar-refractivity contribution < 1.29 is 9.47 Å². The molecule has 3 nitrogen and oxygen atoms in total. The van der Waals surface area contributed by atoms with Gasteiger partial charge in [-0.3, -0.25) is 4.90 Å². The van der Waals surface area contributed by atoms with Gasteiger partial charge in [-0.2, -0.15) is 0 Å². The normalized spacial score (nSPS) is 23.2. The highest BCUT2D eigenvalue weighted by atomic mass is 79.9. The van der Waals surface area contributed by atoms with E-state index < -0.39 is 0 Å². The van der Waals surface area contributed by atoms with Crippen LogP contribution >= 0.6 is 31.9 Å². The molecule has 0 bridgehead atoms. The fourth-order valence-corrected chi connectivity index (χ4v) is 3.67. The van der Waals surface area contributed by atoms with Gasteiger partial charge in [0.1, 0.15) is 5.75 Å². The molecular formula is C14H17Br2NO2. The van der Waals surface area contributed by atoms with Crippen LogP contribution in [0.15, 0.2) is 16.6 Å². The van der Waals surface area contributed by atoms with Crippen LogP contribution in [0, 0.1) is 0 Å². The summed E-state index contributed by atoms with van der Waals surface area (Å²) in [5.74, 6) is 1.10. The summed E-state index contributed by atoms with van der Waals surface area (Å²) in [4.78, 5) is 2.44. The molecule has 1 unspecified atom stereocenters. The molecule has 0 aromatic heterocycles. The fraction of sp³-hybridized carbons (Fsp3) is 0.571. The molecule has 5 heteroatoms. The minimum absolute atomic E-state index is 0.301. The van der Waals surface area contributed by atoms with Gasteiger partial charge in [0.2, 0.25) is 0 Å². The van der Waals surface area contributed by atoms with Gasteiger partial charge in [0.25, 0.3) is 0 Å². The number of hydrogen-bond acceptors (Lipinski definition) is 3. The van der Waals surface area contributed by atoms with E-state index in [1.54, 1.807) is 0 Å². The topological polar surface area (TPSA) is 21.7 Å². The third-order valence-electron chi connectivity index (χ3n) is 3.61. The van der Waals surface area contributed by atoms with E-state index in [9.17, 15) is 0 Å². The van der Waals surface area contributed by atoms with Crippen molar-refractivity contribution in [2.24, 2.45) is 0 Å². The minimum Gasteiger partial charge on any atom is -0.493 e. The van der Waals surface area contributed by atoms with Gasteiger partial charge in [-0.05, 0) is 17.7 Å². The maximum absolute atomic E-state index is 5.79. The number of benzene rings is 1. The van der Waals surface area contributed by atoms with Crippen molar-refractivity contribution in [3.63, 3.8) is 0 Å². The fourth-order valence-electron chi connectivity index (χ4n) is 2.72. The number of fused-ring (bicyclic) bond motifs is 1. The molecule has 1 aromatic carbocycles. The Morgan fingerprint density at radius 2 is 2.21 bits per heavy atom. The first kappa shape index (κ1) is 13.9. The third kappa shape index (κ3) is 3.15. The number of ether oxygens (including phenoxy) is 2. The Hall–Kier alpha value is -0.100. The highest BCUT2D eigenvalue weighted by Crippen LogP contribution is 2.34. The first-order chi connectivity index (χ1) is 9.26. The van der Waals surface area contributed by atoms with E-state index in [1.807, 2.05) is 0 Å².